The van der Waals surface area contributed by atoms with Gasteiger partial charge in [-0.1, -0.05) is 36.4 Å². The average molecular weight is 409 g/mol. The number of anilines is 1. The number of nitrogens with zero attached hydrogens (tertiary/aromatic N) is 4. The standard InChI is InChI=1S/C26H24N4O/c27-19-22-10-6-15-28(22)17-14-25(29-18-13-21-8-2-3-11-23(21)29)26(31)30-16-5-9-20-7-1-4-12-24(20)30/h1-4,6-8,10-13,15,18,25H,5,9,14,16-17H2. The Morgan fingerprint density at radius 2 is 1.84 bits per heavy atom. The molecular formula is C26H24N4O. The second-order valence-electron chi connectivity index (χ2n) is 8.01. The predicted molar refractivity (Wildman–Crippen MR) is 122 cm³/mol. The largest absolute Gasteiger partial charge is 0.339 e. The van der Waals surface area contributed by atoms with Gasteiger partial charge in [0.1, 0.15) is 17.8 Å². The van der Waals surface area contributed by atoms with Gasteiger partial charge in [-0.15, -0.1) is 0 Å². The molecule has 1 atom stereocenters. The van der Waals surface area contributed by atoms with Crippen molar-refractivity contribution in [2.75, 3.05) is 11.4 Å². The molecule has 1 unspecified atom stereocenters. The maximum atomic E-state index is 13.9. The highest BCUT2D eigenvalue weighted by atomic mass is 16.2. The summed E-state index contributed by atoms with van der Waals surface area (Å²) in [6.45, 7) is 1.34. The van der Waals surface area contributed by atoms with Crippen molar-refractivity contribution in [2.45, 2.75) is 31.8 Å². The Bertz CT molecular complexity index is 1280. The molecule has 5 heteroatoms. The first-order valence-corrected chi connectivity index (χ1v) is 10.8. The van der Waals surface area contributed by atoms with Crippen molar-refractivity contribution < 1.29 is 4.79 Å². The number of para-hydroxylation sites is 2. The zero-order valence-corrected chi connectivity index (χ0v) is 17.3. The molecule has 0 radical (unpaired) electrons. The summed E-state index contributed by atoms with van der Waals surface area (Å²) in [6, 6.07) is 24.0. The number of benzene rings is 2. The summed E-state index contributed by atoms with van der Waals surface area (Å²) >= 11 is 0. The van der Waals surface area contributed by atoms with E-state index >= 15 is 0 Å². The number of hydrogen-bond donors (Lipinski definition) is 0. The van der Waals surface area contributed by atoms with Crippen LogP contribution in [0.2, 0.25) is 0 Å². The molecule has 2 aromatic carbocycles. The van der Waals surface area contributed by atoms with Crippen molar-refractivity contribution in [1.29, 1.82) is 5.26 Å². The number of rotatable bonds is 5. The van der Waals surface area contributed by atoms with Crippen molar-refractivity contribution in [3.05, 3.63) is 90.4 Å². The van der Waals surface area contributed by atoms with E-state index in [2.05, 4.69) is 41.0 Å². The first-order valence-electron chi connectivity index (χ1n) is 10.8. The number of fused-ring (bicyclic) bond motifs is 2. The molecule has 0 N–H and O–H groups in total. The summed E-state index contributed by atoms with van der Waals surface area (Å²) in [5.74, 6) is 0.110. The fourth-order valence-electron chi connectivity index (χ4n) is 4.67. The second-order valence-corrected chi connectivity index (χ2v) is 8.01. The summed E-state index contributed by atoms with van der Waals surface area (Å²) in [5.41, 5.74) is 3.93. The number of carbonyl (C=O) groups is 1. The van der Waals surface area contributed by atoms with Crippen molar-refractivity contribution in [3.63, 3.8) is 0 Å². The molecule has 1 amide bonds. The second kappa shape index (κ2) is 8.16. The molecule has 0 saturated carbocycles. The number of amides is 1. The van der Waals surface area contributed by atoms with Crippen molar-refractivity contribution in [3.8, 4) is 6.07 Å². The SMILES string of the molecule is N#Cc1cccn1CCC(C(=O)N1CCCc2ccccc21)n1ccc2ccccc21. The summed E-state index contributed by atoms with van der Waals surface area (Å²) < 4.78 is 4.03. The maximum absolute atomic E-state index is 13.9. The van der Waals surface area contributed by atoms with Crippen LogP contribution in [-0.4, -0.2) is 21.6 Å². The Kier molecular flexibility index (Phi) is 5.05. The smallest absolute Gasteiger partial charge is 0.250 e. The lowest BCUT2D eigenvalue weighted by Crippen LogP contribution is -2.40. The normalized spacial score (nSPS) is 14.2. The van der Waals surface area contributed by atoms with Crippen LogP contribution in [0.4, 0.5) is 5.69 Å². The van der Waals surface area contributed by atoms with Crippen LogP contribution >= 0.6 is 0 Å². The summed E-state index contributed by atoms with van der Waals surface area (Å²) in [5, 5.41) is 10.5. The lowest BCUT2D eigenvalue weighted by atomic mass is 10.0. The number of aryl methyl sites for hydroxylation is 2. The van der Waals surface area contributed by atoms with Gasteiger partial charge in [0.15, 0.2) is 0 Å². The topological polar surface area (TPSA) is 54.0 Å². The summed E-state index contributed by atoms with van der Waals surface area (Å²) in [4.78, 5) is 15.9. The molecule has 0 bridgehead atoms. The van der Waals surface area contributed by atoms with Crippen LogP contribution < -0.4 is 4.90 Å². The molecule has 0 fully saturated rings. The molecular weight excluding hydrogens is 384 g/mol. The van der Waals surface area contributed by atoms with E-state index in [1.165, 1.54) is 5.56 Å². The molecule has 0 aliphatic carbocycles. The molecule has 31 heavy (non-hydrogen) atoms. The van der Waals surface area contributed by atoms with Crippen LogP contribution in [-0.2, 0) is 17.8 Å². The zero-order valence-electron chi connectivity index (χ0n) is 17.3. The monoisotopic (exact) mass is 408 g/mol. The average Bonchev–Trinajstić information content (AvgIpc) is 3.46. The van der Waals surface area contributed by atoms with Gasteiger partial charge in [0.2, 0.25) is 5.91 Å². The van der Waals surface area contributed by atoms with Crippen LogP contribution in [0.1, 0.15) is 30.1 Å². The molecule has 1 aliphatic heterocycles. The van der Waals surface area contributed by atoms with Crippen molar-refractivity contribution >= 4 is 22.5 Å². The summed E-state index contributed by atoms with van der Waals surface area (Å²) in [7, 11) is 0. The van der Waals surface area contributed by atoms with E-state index in [1.54, 1.807) is 0 Å². The van der Waals surface area contributed by atoms with E-state index in [9.17, 15) is 10.1 Å². The van der Waals surface area contributed by atoms with E-state index < -0.39 is 0 Å². The van der Waals surface area contributed by atoms with E-state index in [-0.39, 0.29) is 11.9 Å². The third-order valence-electron chi connectivity index (χ3n) is 6.21. The quantitative estimate of drug-likeness (QED) is 0.470. The Hall–Kier alpha value is -3.78. The van der Waals surface area contributed by atoms with Crippen LogP contribution in [0.15, 0.2) is 79.1 Å². The van der Waals surface area contributed by atoms with Crippen LogP contribution in [0.25, 0.3) is 10.9 Å². The minimum atomic E-state index is -0.347. The van der Waals surface area contributed by atoms with Gasteiger partial charge in [-0.25, -0.2) is 0 Å². The van der Waals surface area contributed by atoms with E-state index in [0.29, 0.717) is 18.7 Å². The van der Waals surface area contributed by atoms with Crippen molar-refractivity contribution in [1.82, 2.24) is 9.13 Å². The van der Waals surface area contributed by atoms with Crippen molar-refractivity contribution in [2.24, 2.45) is 0 Å². The molecule has 3 heterocycles. The highest BCUT2D eigenvalue weighted by Crippen LogP contribution is 2.31. The first kappa shape index (κ1) is 19.2. The zero-order chi connectivity index (χ0) is 21.2. The number of aromatic nitrogens is 2. The van der Waals surface area contributed by atoms with Gasteiger partial charge < -0.3 is 14.0 Å². The fraction of sp³-hybridized carbons (Fsp3) is 0.231. The van der Waals surface area contributed by atoms with Gasteiger partial charge >= 0.3 is 0 Å². The van der Waals surface area contributed by atoms with Crippen LogP contribution in [0.3, 0.4) is 0 Å². The third-order valence-corrected chi connectivity index (χ3v) is 6.21. The number of hydrogen-bond acceptors (Lipinski definition) is 2. The van der Waals surface area contributed by atoms with Gasteiger partial charge in [0.25, 0.3) is 0 Å². The van der Waals surface area contributed by atoms with Crippen LogP contribution in [0, 0.1) is 11.3 Å². The summed E-state index contributed by atoms with van der Waals surface area (Å²) in [6.07, 6.45) is 6.51. The molecule has 5 nitrogen and oxygen atoms in total. The fourth-order valence-corrected chi connectivity index (χ4v) is 4.67. The first-order chi connectivity index (χ1) is 15.3. The molecule has 0 saturated heterocycles. The highest BCUT2D eigenvalue weighted by Gasteiger charge is 2.30. The Morgan fingerprint density at radius 1 is 1.00 bits per heavy atom. The van der Waals surface area contributed by atoms with E-state index in [0.717, 1.165) is 36.0 Å². The number of carbonyl (C=O) groups excluding carboxylic acids is 1. The third kappa shape index (κ3) is 3.51. The predicted octanol–water partition coefficient (Wildman–Crippen LogP) is 4.93. The lowest BCUT2D eigenvalue weighted by molar-refractivity contribution is -0.122. The Balaban J connectivity index is 1.52. The van der Waals surface area contributed by atoms with E-state index in [1.807, 2.05) is 58.3 Å². The van der Waals surface area contributed by atoms with Gasteiger partial charge in [0, 0.05) is 36.7 Å². The van der Waals surface area contributed by atoms with Crippen LogP contribution in [0.5, 0.6) is 0 Å². The molecule has 0 spiro atoms. The number of nitriles is 1. The highest BCUT2D eigenvalue weighted by molar-refractivity contribution is 5.98. The molecule has 1 aliphatic rings. The molecule has 5 rings (SSSR count). The van der Waals surface area contributed by atoms with Gasteiger partial charge in [0.05, 0.1) is 0 Å². The van der Waals surface area contributed by atoms with Gasteiger partial charge in [-0.3, -0.25) is 4.79 Å². The Labute approximate surface area is 181 Å². The molecule has 2 aromatic heterocycles. The Morgan fingerprint density at radius 3 is 2.74 bits per heavy atom. The molecule has 154 valence electrons. The molecule has 4 aromatic rings. The minimum Gasteiger partial charge on any atom is -0.339 e. The lowest BCUT2D eigenvalue weighted by Gasteiger charge is -2.33. The van der Waals surface area contributed by atoms with Gasteiger partial charge in [-0.2, -0.15) is 5.26 Å². The van der Waals surface area contributed by atoms with E-state index in [4.69, 9.17) is 0 Å². The van der Waals surface area contributed by atoms with Gasteiger partial charge in [-0.05, 0) is 60.5 Å². The minimum absolute atomic E-state index is 0.110. The maximum Gasteiger partial charge on any atom is 0.250 e.